The summed E-state index contributed by atoms with van der Waals surface area (Å²) in [6, 6.07) is 20.8. The average molecular weight is 444 g/mol. The third-order valence-electron chi connectivity index (χ3n) is 7.93. The van der Waals surface area contributed by atoms with Gasteiger partial charge in [-0.05, 0) is 86.0 Å². The topological polar surface area (TPSA) is 50.1 Å². The van der Waals surface area contributed by atoms with E-state index < -0.39 is 5.60 Å². The molecule has 33 heavy (non-hydrogen) atoms. The van der Waals surface area contributed by atoms with Gasteiger partial charge in [0, 0.05) is 12.8 Å². The van der Waals surface area contributed by atoms with Gasteiger partial charge in [-0.2, -0.15) is 5.26 Å². The molecule has 0 spiro atoms. The lowest BCUT2D eigenvalue weighted by molar-refractivity contribution is -0.0141. The third-order valence-corrected chi connectivity index (χ3v) is 7.93. The number of esters is 1. The first kappa shape index (κ1) is 23.6. The summed E-state index contributed by atoms with van der Waals surface area (Å²) in [6.07, 6.45) is 11.8. The quantitative estimate of drug-likeness (QED) is 0.414. The predicted octanol–water partition coefficient (Wildman–Crippen LogP) is 7.61. The van der Waals surface area contributed by atoms with Crippen LogP contribution in [0, 0.1) is 23.2 Å². The monoisotopic (exact) mass is 443 g/mol. The zero-order valence-corrected chi connectivity index (χ0v) is 20.0. The van der Waals surface area contributed by atoms with Gasteiger partial charge in [0.05, 0.1) is 5.56 Å². The second kappa shape index (κ2) is 11.0. The Bertz CT molecular complexity index is 928. The first-order chi connectivity index (χ1) is 16.1. The van der Waals surface area contributed by atoms with Crippen molar-refractivity contribution in [3.8, 4) is 6.07 Å². The van der Waals surface area contributed by atoms with Crippen molar-refractivity contribution in [2.45, 2.75) is 89.1 Å². The smallest absolute Gasteiger partial charge is 0.339 e. The first-order valence-electron chi connectivity index (χ1n) is 12.9. The SMILES string of the molecule is CCCC1CCC(c2ccc(C(=O)OC3(C#N)CCC(Cc4ccccc4)CC3)cc2)CC1. The Morgan fingerprint density at radius 2 is 1.61 bits per heavy atom. The Hall–Kier alpha value is -2.60. The Kier molecular flexibility index (Phi) is 7.86. The van der Waals surface area contributed by atoms with E-state index in [9.17, 15) is 10.1 Å². The molecule has 2 saturated carbocycles. The minimum atomic E-state index is -0.986. The van der Waals surface area contributed by atoms with Gasteiger partial charge in [0.15, 0.2) is 5.60 Å². The molecule has 2 aliphatic rings. The summed E-state index contributed by atoms with van der Waals surface area (Å²) in [4.78, 5) is 12.9. The van der Waals surface area contributed by atoms with Gasteiger partial charge < -0.3 is 4.74 Å². The molecule has 0 unspecified atom stereocenters. The van der Waals surface area contributed by atoms with Crippen LogP contribution in [0.1, 0.15) is 98.5 Å². The van der Waals surface area contributed by atoms with Crippen LogP contribution in [-0.4, -0.2) is 11.6 Å². The molecule has 0 aromatic heterocycles. The first-order valence-corrected chi connectivity index (χ1v) is 12.9. The maximum atomic E-state index is 12.9. The van der Waals surface area contributed by atoms with E-state index >= 15 is 0 Å². The summed E-state index contributed by atoms with van der Waals surface area (Å²) in [6.45, 7) is 2.27. The highest BCUT2D eigenvalue weighted by Gasteiger charge is 2.39. The summed E-state index contributed by atoms with van der Waals surface area (Å²) in [7, 11) is 0. The van der Waals surface area contributed by atoms with E-state index in [-0.39, 0.29) is 5.97 Å². The average Bonchev–Trinajstić information content (AvgIpc) is 2.87. The van der Waals surface area contributed by atoms with Crippen LogP contribution in [0.4, 0.5) is 0 Å². The molecule has 3 nitrogen and oxygen atoms in total. The highest BCUT2D eigenvalue weighted by atomic mass is 16.6. The van der Waals surface area contributed by atoms with Gasteiger partial charge in [0.25, 0.3) is 0 Å². The van der Waals surface area contributed by atoms with Gasteiger partial charge in [-0.3, -0.25) is 0 Å². The van der Waals surface area contributed by atoms with Gasteiger partial charge in [-0.25, -0.2) is 4.79 Å². The lowest BCUT2D eigenvalue weighted by Crippen LogP contribution is -2.38. The van der Waals surface area contributed by atoms with Crippen LogP contribution in [0.25, 0.3) is 0 Å². The molecule has 2 aromatic carbocycles. The van der Waals surface area contributed by atoms with Crippen LogP contribution >= 0.6 is 0 Å². The molecule has 0 N–H and O–H groups in total. The van der Waals surface area contributed by atoms with E-state index in [4.69, 9.17) is 4.74 Å². The van der Waals surface area contributed by atoms with Crippen LogP contribution in [0.15, 0.2) is 54.6 Å². The Morgan fingerprint density at radius 3 is 2.21 bits per heavy atom. The van der Waals surface area contributed by atoms with E-state index in [0.29, 0.717) is 30.2 Å². The molecule has 0 atom stereocenters. The number of ether oxygens (including phenoxy) is 1. The lowest BCUT2D eigenvalue weighted by Gasteiger charge is -2.34. The fourth-order valence-electron chi connectivity index (χ4n) is 5.85. The summed E-state index contributed by atoms with van der Waals surface area (Å²) in [5, 5.41) is 9.86. The fraction of sp³-hybridized carbons (Fsp3) is 0.533. The van der Waals surface area contributed by atoms with E-state index in [1.54, 1.807) is 0 Å². The third kappa shape index (κ3) is 6.05. The van der Waals surface area contributed by atoms with Gasteiger partial charge in [-0.15, -0.1) is 0 Å². The van der Waals surface area contributed by atoms with Crippen molar-refractivity contribution in [2.24, 2.45) is 11.8 Å². The minimum absolute atomic E-state index is 0.365. The molecule has 0 bridgehead atoms. The van der Waals surface area contributed by atoms with Crippen molar-refractivity contribution in [2.75, 3.05) is 0 Å². The molecule has 3 heteroatoms. The van der Waals surface area contributed by atoms with Crippen molar-refractivity contribution in [1.29, 1.82) is 5.26 Å². The van der Waals surface area contributed by atoms with E-state index in [0.717, 1.165) is 25.2 Å². The Balaban J connectivity index is 1.30. The summed E-state index contributed by atoms with van der Waals surface area (Å²) in [5.74, 6) is 1.68. The number of carbonyl (C=O) groups is 1. The van der Waals surface area contributed by atoms with Crippen molar-refractivity contribution < 1.29 is 9.53 Å². The minimum Gasteiger partial charge on any atom is -0.440 e. The van der Waals surface area contributed by atoms with Crippen molar-refractivity contribution in [3.05, 3.63) is 71.3 Å². The van der Waals surface area contributed by atoms with E-state index in [2.05, 4.69) is 49.4 Å². The molecule has 4 rings (SSSR count). The Morgan fingerprint density at radius 1 is 0.939 bits per heavy atom. The van der Waals surface area contributed by atoms with Crippen LogP contribution in [0.2, 0.25) is 0 Å². The molecular formula is C30H37NO2. The van der Waals surface area contributed by atoms with Gasteiger partial charge in [0.2, 0.25) is 0 Å². The number of carbonyl (C=O) groups excluding carboxylic acids is 1. The summed E-state index contributed by atoms with van der Waals surface area (Å²) in [5.41, 5.74) is 2.24. The molecule has 0 amide bonds. The number of nitriles is 1. The Labute approximate surface area is 199 Å². The lowest BCUT2D eigenvalue weighted by atomic mass is 9.77. The van der Waals surface area contributed by atoms with Crippen molar-refractivity contribution in [1.82, 2.24) is 0 Å². The summed E-state index contributed by atoms with van der Waals surface area (Å²) < 4.78 is 5.84. The molecule has 0 radical (unpaired) electrons. The second-order valence-corrected chi connectivity index (χ2v) is 10.3. The molecule has 2 aliphatic carbocycles. The second-order valence-electron chi connectivity index (χ2n) is 10.3. The van der Waals surface area contributed by atoms with Gasteiger partial charge in [-0.1, -0.05) is 62.2 Å². The van der Waals surface area contributed by atoms with Crippen molar-refractivity contribution >= 4 is 5.97 Å². The van der Waals surface area contributed by atoms with E-state index in [1.807, 2.05) is 18.2 Å². The normalized spacial score (nSPS) is 27.5. The highest BCUT2D eigenvalue weighted by molar-refractivity contribution is 5.89. The molecule has 174 valence electrons. The zero-order valence-electron chi connectivity index (χ0n) is 20.0. The predicted molar refractivity (Wildman–Crippen MR) is 132 cm³/mol. The fourth-order valence-corrected chi connectivity index (χ4v) is 5.85. The molecule has 0 saturated heterocycles. The van der Waals surface area contributed by atoms with Crippen molar-refractivity contribution in [3.63, 3.8) is 0 Å². The van der Waals surface area contributed by atoms with Crippen LogP contribution in [-0.2, 0) is 11.2 Å². The zero-order chi connectivity index (χ0) is 23.1. The number of hydrogen-bond acceptors (Lipinski definition) is 3. The number of nitrogens with zero attached hydrogens (tertiary/aromatic N) is 1. The van der Waals surface area contributed by atoms with Crippen LogP contribution < -0.4 is 0 Å². The molecule has 0 aliphatic heterocycles. The number of benzene rings is 2. The van der Waals surface area contributed by atoms with Gasteiger partial charge >= 0.3 is 5.97 Å². The van der Waals surface area contributed by atoms with E-state index in [1.165, 1.54) is 49.7 Å². The molecule has 2 fully saturated rings. The standard InChI is InChI=1S/C30H37NO2/c1-2-6-23-9-11-26(12-10-23)27-13-15-28(16-14-27)29(32)33-30(22-31)19-17-25(18-20-30)21-24-7-4-3-5-8-24/h3-5,7-8,13-16,23,25-26H,2,6,9-12,17-21H2,1H3. The molecule has 0 heterocycles. The van der Waals surface area contributed by atoms with Crippen LogP contribution in [0.3, 0.4) is 0 Å². The number of rotatable bonds is 7. The number of hydrogen-bond donors (Lipinski definition) is 0. The van der Waals surface area contributed by atoms with Gasteiger partial charge in [0.1, 0.15) is 6.07 Å². The maximum absolute atomic E-state index is 12.9. The summed E-state index contributed by atoms with van der Waals surface area (Å²) >= 11 is 0. The highest BCUT2D eigenvalue weighted by Crippen LogP contribution is 2.38. The van der Waals surface area contributed by atoms with Crippen LogP contribution in [0.5, 0.6) is 0 Å². The molecular weight excluding hydrogens is 406 g/mol. The maximum Gasteiger partial charge on any atom is 0.339 e. The molecule has 2 aromatic rings. The largest absolute Gasteiger partial charge is 0.440 e.